The van der Waals surface area contributed by atoms with Gasteiger partial charge in [0.15, 0.2) is 5.78 Å². The number of rotatable bonds is 84. The molecule has 0 fully saturated rings. The van der Waals surface area contributed by atoms with Crippen LogP contribution in [0.3, 0.4) is 0 Å². The second-order valence-corrected chi connectivity index (χ2v) is 29.0. The van der Waals surface area contributed by atoms with Gasteiger partial charge in [-0.05, 0) is 145 Å². The zero-order valence-corrected chi connectivity index (χ0v) is 70.6. The summed E-state index contributed by atoms with van der Waals surface area (Å²) in [6.07, 6.45) is 17.2. The monoisotopic (exact) mass is 1720 g/mol. The molecule has 0 bridgehead atoms. The number of carbonyl (C=O) groups excluding carboxylic acids is 9. The summed E-state index contributed by atoms with van der Waals surface area (Å²) in [5.41, 5.74) is 0.405. The molecule has 0 aromatic heterocycles. The number of hydrogen-bond donors (Lipinski definition) is 12. The van der Waals surface area contributed by atoms with Crippen molar-refractivity contribution in [1.29, 1.82) is 0 Å². The molecule has 1 unspecified atom stereocenters. The summed E-state index contributed by atoms with van der Waals surface area (Å²) in [6.45, 7) is 3.72. The molecule has 0 saturated heterocycles. The normalized spacial score (nSPS) is 12.1. The third-order valence-electron chi connectivity index (χ3n) is 18.9. The lowest BCUT2D eigenvalue weighted by molar-refractivity contribution is -0.143. The summed E-state index contributed by atoms with van der Waals surface area (Å²) in [7, 11) is 1.67. The number of ether oxygens (including phenoxy) is 10. The minimum atomic E-state index is -1.22. The van der Waals surface area contributed by atoms with Crippen molar-refractivity contribution in [3.05, 3.63) is 59.7 Å². The van der Waals surface area contributed by atoms with Crippen molar-refractivity contribution in [2.24, 2.45) is 5.92 Å². The zero-order chi connectivity index (χ0) is 88.6. The Balaban J connectivity index is 1.34. The van der Waals surface area contributed by atoms with Gasteiger partial charge in [-0.3, -0.25) is 47.9 Å². The maximum Gasteiger partial charge on any atom is 0.335 e. The Kier molecular flexibility index (Phi) is 64.7. The van der Waals surface area contributed by atoms with Crippen molar-refractivity contribution in [3.63, 3.8) is 0 Å². The van der Waals surface area contributed by atoms with E-state index in [0.717, 1.165) is 77.0 Å². The van der Waals surface area contributed by atoms with Crippen LogP contribution in [0.5, 0.6) is 11.5 Å². The number of benzene rings is 2. The molecule has 0 aliphatic carbocycles. The Morgan fingerprint density at radius 2 is 0.653 bits per heavy atom. The van der Waals surface area contributed by atoms with E-state index in [0.29, 0.717) is 109 Å². The number of carboxylic acids is 5. The molecular formula is C85H135N7O29. The number of unbranched alkanes of at least 4 members (excludes halogenated alkanes) is 14. The van der Waals surface area contributed by atoms with E-state index in [4.69, 9.17) is 57.6 Å². The van der Waals surface area contributed by atoms with E-state index in [-0.39, 0.29) is 240 Å². The highest BCUT2D eigenvalue weighted by atomic mass is 16.5. The van der Waals surface area contributed by atoms with Gasteiger partial charge in [0.25, 0.3) is 0 Å². The van der Waals surface area contributed by atoms with E-state index in [1.165, 1.54) is 24.3 Å². The third kappa shape index (κ3) is 61.8. The zero-order valence-electron chi connectivity index (χ0n) is 70.6. The summed E-state index contributed by atoms with van der Waals surface area (Å²) >= 11 is 0. The van der Waals surface area contributed by atoms with E-state index in [1.54, 1.807) is 31.3 Å². The Hall–Kier alpha value is -9.14. The summed E-state index contributed by atoms with van der Waals surface area (Å²) in [5, 5.41) is 65.9. The summed E-state index contributed by atoms with van der Waals surface area (Å²) in [4.78, 5) is 169. The number of nitrogens with one attached hydrogen (secondary N) is 7. The average molecular weight is 1720 g/mol. The highest BCUT2D eigenvalue weighted by molar-refractivity contribution is 5.89. The van der Waals surface area contributed by atoms with Crippen LogP contribution in [0, 0.1) is 5.92 Å². The second-order valence-electron chi connectivity index (χ2n) is 29.0. The van der Waals surface area contributed by atoms with E-state index in [2.05, 4.69) is 37.2 Å². The summed E-state index contributed by atoms with van der Waals surface area (Å²) < 4.78 is 54.6. The van der Waals surface area contributed by atoms with Crippen LogP contribution in [0.25, 0.3) is 0 Å². The Labute approximate surface area is 709 Å². The first-order valence-electron chi connectivity index (χ1n) is 42.6. The van der Waals surface area contributed by atoms with Gasteiger partial charge in [-0.25, -0.2) is 19.2 Å². The van der Waals surface area contributed by atoms with Gasteiger partial charge in [0, 0.05) is 84.3 Å². The van der Waals surface area contributed by atoms with E-state index in [1.807, 2.05) is 0 Å². The van der Waals surface area contributed by atoms with Gasteiger partial charge in [0.2, 0.25) is 35.4 Å². The maximum absolute atomic E-state index is 13.0. The van der Waals surface area contributed by atoms with Crippen LogP contribution in [0.1, 0.15) is 226 Å². The minimum absolute atomic E-state index is 0.00522. The fourth-order valence-electron chi connectivity index (χ4n) is 12.0. The van der Waals surface area contributed by atoms with Gasteiger partial charge in [0.1, 0.15) is 61.6 Å². The SMILES string of the molecule is CNC(CCCCNC(=O)COCCOCCCC(=O)COCCOCCNC(=O)CC[C@H](NC(=O)CCCCCCCCCOc1ccc(C(=O)O)cc1)C(=O)O)C(=O)CC[C@@H](CCCCNC(=O)COCCOCCNC(=O)COCCOCCCC(=O)CC[C@H](NC(=O)CCCCCCCCCOc1ccc(C(=O)O)cc1)C(=O)O)C(=O)O. The number of aliphatic carboxylic acids is 3. The van der Waals surface area contributed by atoms with Gasteiger partial charge < -0.3 is 110 Å². The molecule has 684 valence electrons. The highest BCUT2D eigenvalue weighted by Gasteiger charge is 2.25. The molecule has 0 saturated carbocycles. The van der Waals surface area contributed by atoms with Crippen molar-refractivity contribution >= 4 is 82.6 Å². The Bertz CT molecular complexity index is 3260. The van der Waals surface area contributed by atoms with Crippen LogP contribution in [0.2, 0.25) is 0 Å². The molecule has 0 radical (unpaired) electrons. The van der Waals surface area contributed by atoms with Gasteiger partial charge in [0.05, 0.1) is 102 Å². The smallest absolute Gasteiger partial charge is 0.335 e. The van der Waals surface area contributed by atoms with Crippen molar-refractivity contribution in [1.82, 2.24) is 37.2 Å². The first kappa shape index (κ1) is 108. The molecule has 36 nitrogen and oxygen atoms in total. The summed E-state index contributed by atoms with van der Waals surface area (Å²) in [5.74, 6) is -7.41. The Morgan fingerprint density at radius 1 is 0.281 bits per heavy atom. The second kappa shape index (κ2) is 72.5. The quantitative estimate of drug-likeness (QED) is 0.0304. The van der Waals surface area contributed by atoms with Crippen LogP contribution in [-0.2, 0) is 95.4 Å². The predicted molar refractivity (Wildman–Crippen MR) is 442 cm³/mol. The van der Waals surface area contributed by atoms with Crippen LogP contribution < -0.4 is 46.7 Å². The number of likely N-dealkylation sites (N-methyl/N-ethyl adjacent to an activating group) is 1. The van der Waals surface area contributed by atoms with Gasteiger partial charge >= 0.3 is 29.8 Å². The number of carbonyl (C=O) groups is 14. The van der Waals surface area contributed by atoms with Crippen LogP contribution in [0.15, 0.2) is 48.5 Å². The highest BCUT2D eigenvalue weighted by Crippen LogP contribution is 2.20. The van der Waals surface area contributed by atoms with Gasteiger partial charge in [-0.2, -0.15) is 0 Å². The third-order valence-corrected chi connectivity index (χ3v) is 18.9. The molecule has 6 amide bonds. The largest absolute Gasteiger partial charge is 0.494 e. The van der Waals surface area contributed by atoms with Gasteiger partial charge in [-0.15, -0.1) is 0 Å². The molecule has 2 aromatic rings. The molecule has 121 heavy (non-hydrogen) atoms. The van der Waals surface area contributed by atoms with Crippen LogP contribution in [0.4, 0.5) is 0 Å². The fraction of sp³-hybridized carbons (Fsp3) is 0.694. The lowest BCUT2D eigenvalue weighted by Crippen LogP contribution is -2.41. The first-order chi connectivity index (χ1) is 58.5. The van der Waals surface area contributed by atoms with Crippen LogP contribution >= 0.6 is 0 Å². The molecule has 12 N–H and O–H groups in total. The molecule has 36 heteroatoms. The summed E-state index contributed by atoms with van der Waals surface area (Å²) in [6, 6.07) is 9.71. The topological polar surface area (TPSA) is 517 Å². The number of ketones is 3. The first-order valence-corrected chi connectivity index (χ1v) is 42.6. The lowest BCUT2D eigenvalue weighted by Gasteiger charge is -2.17. The molecule has 2 aromatic carbocycles. The molecular weight excluding hydrogens is 1580 g/mol. The van der Waals surface area contributed by atoms with E-state index >= 15 is 0 Å². The van der Waals surface area contributed by atoms with Crippen molar-refractivity contribution in [3.8, 4) is 11.5 Å². The van der Waals surface area contributed by atoms with Crippen molar-refractivity contribution in [2.75, 3.05) is 152 Å². The molecule has 0 spiro atoms. The maximum atomic E-state index is 13.0. The van der Waals surface area contributed by atoms with Crippen molar-refractivity contribution < 1.29 is 140 Å². The fourth-order valence-corrected chi connectivity index (χ4v) is 12.0. The molecule has 0 aliphatic rings. The molecule has 0 heterocycles. The number of amides is 6. The lowest BCUT2D eigenvalue weighted by atomic mass is 9.93. The number of hydrogen-bond acceptors (Lipinski definition) is 25. The molecule has 2 rings (SSSR count). The Morgan fingerprint density at radius 3 is 1.07 bits per heavy atom. The number of aromatic carboxylic acids is 2. The van der Waals surface area contributed by atoms with Crippen LogP contribution in [-0.4, -0.2) is 278 Å². The number of Topliss-reactive ketones (excluding diaryl/α,β-unsaturated/α-hetero) is 3. The average Bonchev–Trinajstić information content (AvgIpc) is 0.894. The van der Waals surface area contributed by atoms with Crippen molar-refractivity contribution in [2.45, 2.75) is 224 Å². The molecule has 0 aliphatic heterocycles. The number of carboxylic acid groups (broad SMARTS) is 5. The standard InChI is InChI=1S/C85H135N7O29/c1-86-71(25-15-17-43-88-79(100)61-117-57-53-113-47-21-24-68(94)60-116-56-54-114-50-44-89-75(96)41-39-73(85(110)111)92-77(98)27-13-9-5-3-7-11-19-49-121-70-36-30-66(31-37-70)83(106)107)74(95)40-32-64(81(102)103)22-14-16-42-87-78(99)62-119-59-55-115-51-45-90-80(101)63-118-58-52-112-46-20-23-67(93)33-38-72(84(108)109)91-76(97)26-12-8-4-2-6-10-18-48-120-69-34-28-65(29-35-69)82(104)105/h28-31,34-37,64,71-73,86H,2-27,32-33,38-63H2,1H3,(H,87,99)(H,88,100)(H,89,96)(H,90,101)(H,91,97)(H,92,98)(H,102,103)(H,104,105)(H,106,107)(H,108,109)(H,110,111)/t64-,71?,72+,73+/m1/s1. The van der Waals surface area contributed by atoms with E-state index in [9.17, 15) is 82.4 Å². The van der Waals surface area contributed by atoms with Gasteiger partial charge in [-0.1, -0.05) is 70.6 Å². The predicted octanol–water partition coefficient (Wildman–Crippen LogP) is 6.76. The minimum Gasteiger partial charge on any atom is -0.494 e. The van der Waals surface area contributed by atoms with E-state index < -0.39 is 53.9 Å². The molecule has 4 atom stereocenters.